The summed E-state index contributed by atoms with van der Waals surface area (Å²) in [5.74, 6) is 4.62. The summed E-state index contributed by atoms with van der Waals surface area (Å²) in [5.41, 5.74) is 5.79. The SMILES string of the molecule is CC1(C)CCC(C)(C)c2c(NCc3ccc(F)cc3)cc(C(O)C#Cc3ccc(C(=O)O)cc3)cc21. The Morgan fingerprint density at radius 1 is 1.00 bits per heavy atom. The number of carboxylic acids is 1. The molecule has 0 aliphatic heterocycles. The second-order valence-corrected chi connectivity index (χ2v) is 10.8. The lowest BCUT2D eigenvalue weighted by Crippen LogP contribution is -2.35. The topological polar surface area (TPSA) is 69.6 Å². The smallest absolute Gasteiger partial charge is 0.335 e. The van der Waals surface area contributed by atoms with Gasteiger partial charge >= 0.3 is 5.97 Å². The number of hydrogen-bond acceptors (Lipinski definition) is 3. The molecule has 1 atom stereocenters. The van der Waals surface area contributed by atoms with Crippen LogP contribution in [0.25, 0.3) is 0 Å². The number of benzene rings is 3. The number of fused-ring (bicyclic) bond motifs is 1. The monoisotopic (exact) mass is 485 g/mol. The Morgan fingerprint density at radius 2 is 1.64 bits per heavy atom. The van der Waals surface area contributed by atoms with Crippen LogP contribution in [0.15, 0.2) is 60.7 Å². The Kier molecular flexibility index (Phi) is 6.93. The molecule has 1 aliphatic carbocycles. The predicted octanol–water partition coefficient (Wildman–Crippen LogP) is 6.57. The van der Waals surface area contributed by atoms with E-state index in [1.807, 2.05) is 6.07 Å². The fourth-order valence-corrected chi connectivity index (χ4v) is 4.84. The number of aliphatic hydroxyl groups excluding tert-OH is 1. The van der Waals surface area contributed by atoms with E-state index in [1.54, 1.807) is 24.3 Å². The number of nitrogens with one attached hydrogen (secondary N) is 1. The number of rotatable bonds is 5. The maximum atomic E-state index is 13.4. The minimum Gasteiger partial charge on any atom is -0.478 e. The van der Waals surface area contributed by atoms with Crippen molar-refractivity contribution >= 4 is 11.7 Å². The fraction of sp³-hybridized carbons (Fsp3) is 0.323. The third-order valence-electron chi connectivity index (χ3n) is 7.14. The van der Waals surface area contributed by atoms with Crippen molar-refractivity contribution in [3.8, 4) is 11.8 Å². The summed E-state index contributed by atoms with van der Waals surface area (Å²) in [4.78, 5) is 11.1. The molecule has 0 saturated carbocycles. The maximum Gasteiger partial charge on any atom is 0.335 e. The van der Waals surface area contributed by atoms with Gasteiger partial charge in [0, 0.05) is 17.8 Å². The van der Waals surface area contributed by atoms with Gasteiger partial charge in [-0.3, -0.25) is 0 Å². The third-order valence-corrected chi connectivity index (χ3v) is 7.14. The summed E-state index contributed by atoms with van der Waals surface area (Å²) in [7, 11) is 0. The third kappa shape index (κ3) is 5.45. The highest BCUT2D eigenvalue weighted by molar-refractivity contribution is 5.87. The van der Waals surface area contributed by atoms with Gasteiger partial charge in [-0.25, -0.2) is 9.18 Å². The van der Waals surface area contributed by atoms with E-state index in [0.29, 0.717) is 17.7 Å². The average Bonchev–Trinajstić information content (AvgIpc) is 2.85. The standard InChI is InChI=1S/C31H32FNO3/c1-30(2)15-16-31(3,4)28-25(30)17-23(18-26(28)33-19-21-7-12-24(32)13-8-21)27(34)14-9-20-5-10-22(11-6-20)29(35)36/h5-8,10-13,17-18,27,33-34H,15-16,19H2,1-4H3,(H,35,36). The highest BCUT2D eigenvalue weighted by Crippen LogP contribution is 2.49. The summed E-state index contributed by atoms with van der Waals surface area (Å²) in [6.07, 6.45) is 1.07. The first kappa shape index (κ1) is 25.5. The molecule has 0 fully saturated rings. The quantitative estimate of drug-likeness (QED) is 0.358. The van der Waals surface area contributed by atoms with Gasteiger partial charge in [0.05, 0.1) is 5.56 Å². The van der Waals surface area contributed by atoms with Crippen molar-refractivity contribution in [1.82, 2.24) is 0 Å². The summed E-state index contributed by atoms with van der Waals surface area (Å²) in [6.45, 7) is 9.50. The summed E-state index contributed by atoms with van der Waals surface area (Å²) >= 11 is 0. The molecule has 1 unspecified atom stereocenters. The molecule has 0 radical (unpaired) electrons. The molecule has 0 spiro atoms. The number of anilines is 1. The molecule has 3 N–H and O–H groups in total. The molecule has 0 aromatic heterocycles. The van der Waals surface area contributed by atoms with E-state index in [1.165, 1.54) is 35.4 Å². The predicted molar refractivity (Wildman–Crippen MR) is 141 cm³/mol. The Bertz CT molecular complexity index is 1330. The molecular weight excluding hydrogens is 453 g/mol. The van der Waals surface area contributed by atoms with Crippen molar-refractivity contribution < 1.29 is 19.4 Å². The molecule has 36 heavy (non-hydrogen) atoms. The number of carbonyl (C=O) groups is 1. The van der Waals surface area contributed by atoms with Crippen molar-refractivity contribution in [2.24, 2.45) is 0 Å². The molecule has 1 aliphatic rings. The van der Waals surface area contributed by atoms with Crippen LogP contribution in [0.5, 0.6) is 0 Å². The highest BCUT2D eigenvalue weighted by Gasteiger charge is 2.39. The zero-order valence-electron chi connectivity index (χ0n) is 21.2. The lowest BCUT2D eigenvalue weighted by atomic mass is 9.62. The molecular formula is C31H32FNO3. The van der Waals surface area contributed by atoms with Crippen LogP contribution in [0.4, 0.5) is 10.1 Å². The second kappa shape index (κ2) is 9.79. The van der Waals surface area contributed by atoms with Crippen LogP contribution in [0.3, 0.4) is 0 Å². The molecule has 3 aromatic rings. The van der Waals surface area contributed by atoms with E-state index in [-0.39, 0.29) is 22.2 Å². The van der Waals surface area contributed by atoms with Gasteiger partial charge in [0.1, 0.15) is 11.9 Å². The van der Waals surface area contributed by atoms with Gasteiger partial charge in [-0.15, -0.1) is 0 Å². The second-order valence-electron chi connectivity index (χ2n) is 10.8. The zero-order chi connectivity index (χ0) is 26.1. The first-order chi connectivity index (χ1) is 17.0. The van der Waals surface area contributed by atoms with Crippen LogP contribution in [0, 0.1) is 17.7 Å². The number of aliphatic hydroxyl groups is 1. The van der Waals surface area contributed by atoms with Crippen LogP contribution in [0.2, 0.25) is 0 Å². The van der Waals surface area contributed by atoms with E-state index in [2.05, 4.69) is 50.9 Å². The van der Waals surface area contributed by atoms with Crippen LogP contribution < -0.4 is 5.32 Å². The molecule has 4 nitrogen and oxygen atoms in total. The number of hydrogen-bond donors (Lipinski definition) is 3. The average molecular weight is 486 g/mol. The molecule has 3 aromatic carbocycles. The van der Waals surface area contributed by atoms with E-state index in [4.69, 9.17) is 5.11 Å². The minimum atomic E-state index is -1.01. The van der Waals surface area contributed by atoms with Gasteiger partial charge in [0.25, 0.3) is 0 Å². The molecule has 0 heterocycles. The maximum absolute atomic E-state index is 13.4. The number of aromatic carboxylic acids is 1. The molecule has 0 amide bonds. The lowest BCUT2D eigenvalue weighted by molar-refractivity contribution is 0.0697. The molecule has 0 saturated heterocycles. The van der Waals surface area contributed by atoms with Gasteiger partial charge in [-0.1, -0.05) is 57.7 Å². The van der Waals surface area contributed by atoms with E-state index >= 15 is 0 Å². The van der Waals surface area contributed by atoms with Crippen LogP contribution in [-0.2, 0) is 17.4 Å². The van der Waals surface area contributed by atoms with Crippen molar-refractivity contribution in [2.45, 2.75) is 64.0 Å². The molecule has 4 rings (SSSR count). The van der Waals surface area contributed by atoms with Gasteiger partial charge < -0.3 is 15.5 Å². The summed E-state index contributed by atoms with van der Waals surface area (Å²) < 4.78 is 13.4. The Labute approximate surface area is 212 Å². The minimum absolute atomic E-state index is 0.0446. The Balaban J connectivity index is 1.71. The summed E-state index contributed by atoms with van der Waals surface area (Å²) in [5, 5.41) is 23.7. The molecule has 5 heteroatoms. The zero-order valence-corrected chi connectivity index (χ0v) is 21.2. The van der Waals surface area contributed by atoms with E-state index in [0.717, 1.165) is 24.1 Å². The first-order valence-corrected chi connectivity index (χ1v) is 12.2. The fourth-order valence-electron chi connectivity index (χ4n) is 4.84. The van der Waals surface area contributed by atoms with Gasteiger partial charge in [0.2, 0.25) is 0 Å². The van der Waals surface area contributed by atoms with Crippen LogP contribution >= 0.6 is 0 Å². The van der Waals surface area contributed by atoms with Crippen molar-refractivity contribution in [3.63, 3.8) is 0 Å². The first-order valence-electron chi connectivity index (χ1n) is 12.2. The normalized spacial score (nSPS) is 16.3. The molecule has 0 bridgehead atoms. The van der Waals surface area contributed by atoms with E-state index < -0.39 is 12.1 Å². The number of halogens is 1. The van der Waals surface area contributed by atoms with E-state index in [9.17, 15) is 14.3 Å². The summed E-state index contributed by atoms with van der Waals surface area (Å²) in [6, 6.07) is 16.8. The molecule has 186 valence electrons. The van der Waals surface area contributed by atoms with Gasteiger partial charge in [-0.2, -0.15) is 0 Å². The Hall–Kier alpha value is -3.62. The van der Waals surface area contributed by atoms with Gasteiger partial charge in [-0.05, 0) is 88.4 Å². The largest absolute Gasteiger partial charge is 0.478 e. The number of carboxylic acid groups (broad SMARTS) is 1. The van der Waals surface area contributed by atoms with Crippen molar-refractivity contribution in [2.75, 3.05) is 5.32 Å². The highest BCUT2D eigenvalue weighted by atomic mass is 19.1. The lowest BCUT2D eigenvalue weighted by Gasteiger charge is -2.43. The van der Waals surface area contributed by atoms with Crippen molar-refractivity contribution in [1.29, 1.82) is 0 Å². The van der Waals surface area contributed by atoms with Crippen molar-refractivity contribution in [3.05, 3.63) is 99.9 Å². The van der Waals surface area contributed by atoms with Crippen LogP contribution in [-0.4, -0.2) is 16.2 Å². The Morgan fingerprint density at radius 3 is 2.28 bits per heavy atom. The van der Waals surface area contributed by atoms with Crippen LogP contribution in [0.1, 0.15) is 84.8 Å². The van der Waals surface area contributed by atoms with Gasteiger partial charge in [0.15, 0.2) is 0 Å².